The van der Waals surface area contributed by atoms with Crippen LogP contribution in [0.15, 0.2) is 12.2 Å². The number of hydrogen-bond acceptors (Lipinski definition) is 1. The van der Waals surface area contributed by atoms with E-state index in [0.29, 0.717) is 18.7 Å². The molecule has 0 atom stereocenters. The highest BCUT2D eigenvalue weighted by Crippen LogP contribution is 2.23. The van der Waals surface area contributed by atoms with Gasteiger partial charge in [0.2, 0.25) is 0 Å². The van der Waals surface area contributed by atoms with Gasteiger partial charge in [0, 0.05) is 13.1 Å². The molecule has 1 N–H and O–H groups in total. The summed E-state index contributed by atoms with van der Waals surface area (Å²) in [5.41, 5.74) is -0.448. The van der Waals surface area contributed by atoms with Crippen molar-refractivity contribution in [1.82, 2.24) is 5.32 Å². The summed E-state index contributed by atoms with van der Waals surface area (Å²) in [7, 11) is 0. The smallest absolute Gasteiger partial charge is 0.156 e. The van der Waals surface area contributed by atoms with E-state index in [0.717, 1.165) is 0 Å². The number of hydrogen-bond donors (Lipinski definition) is 1. The first-order valence-corrected chi connectivity index (χ1v) is 2.71. The van der Waals surface area contributed by atoms with Crippen molar-refractivity contribution in [1.29, 1.82) is 0 Å². The van der Waals surface area contributed by atoms with Crippen molar-refractivity contribution in [3.05, 3.63) is 12.2 Å². The van der Waals surface area contributed by atoms with Gasteiger partial charge in [0.25, 0.3) is 0 Å². The number of nitrogens with one attached hydrogen (secondary N) is 1. The Morgan fingerprint density at radius 1 is 1.75 bits per heavy atom. The van der Waals surface area contributed by atoms with E-state index in [-0.39, 0.29) is 0 Å². The number of alkyl halides is 1. The molecule has 8 heavy (non-hydrogen) atoms. The lowest BCUT2D eigenvalue weighted by molar-refractivity contribution is 0.133. The van der Waals surface area contributed by atoms with Crippen molar-refractivity contribution >= 4 is 0 Å². The Bertz CT molecular complexity index is 116. The molecule has 0 unspecified atom stereocenters. The third-order valence-electron chi connectivity index (χ3n) is 1.58. The molecule has 0 aromatic rings. The zero-order chi connectivity index (χ0) is 6.20. The lowest BCUT2D eigenvalue weighted by Crippen LogP contribution is -2.56. The van der Waals surface area contributed by atoms with Crippen LogP contribution < -0.4 is 5.32 Å². The Kier molecular flexibility index (Phi) is 1.12. The minimum atomic E-state index is -1.08. The summed E-state index contributed by atoms with van der Waals surface area (Å²) in [6.45, 7) is 6.15. The van der Waals surface area contributed by atoms with Crippen molar-refractivity contribution in [3.8, 4) is 0 Å². The Labute approximate surface area is 48.6 Å². The summed E-state index contributed by atoms with van der Waals surface area (Å²) >= 11 is 0. The van der Waals surface area contributed by atoms with Gasteiger partial charge in [-0.15, -0.1) is 0 Å². The van der Waals surface area contributed by atoms with Gasteiger partial charge in [-0.05, 0) is 12.5 Å². The van der Waals surface area contributed by atoms with Crippen molar-refractivity contribution in [2.24, 2.45) is 0 Å². The van der Waals surface area contributed by atoms with Crippen LogP contribution in [0.2, 0.25) is 0 Å². The SMILES string of the molecule is C=C(C)C1(F)CNC1. The highest BCUT2D eigenvalue weighted by molar-refractivity contribution is 5.16. The molecule has 0 amide bonds. The monoisotopic (exact) mass is 115 g/mol. The van der Waals surface area contributed by atoms with Crippen molar-refractivity contribution in [2.75, 3.05) is 13.1 Å². The van der Waals surface area contributed by atoms with Gasteiger partial charge in [0.15, 0.2) is 5.67 Å². The zero-order valence-corrected chi connectivity index (χ0v) is 5.00. The summed E-state index contributed by atoms with van der Waals surface area (Å²) in [6.07, 6.45) is 0. The van der Waals surface area contributed by atoms with Gasteiger partial charge in [0.1, 0.15) is 0 Å². The lowest BCUT2D eigenvalue weighted by atomic mass is 9.92. The first-order chi connectivity index (χ1) is 3.65. The van der Waals surface area contributed by atoms with Crippen molar-refractivity contribution in [2.45, 2.75) is 12.6 Å². The molecule has 0 saturated carbocycles. The second-order valence-corrected chi connectivity index (χ2v) is 2.35. The topological polar surface area (TPSA) is 12.0 Å². The van der Waals surface area contributed by atoms with Gasteiger partial charge in [-0.2, -0.15) is 0 Å². The van der Waals surface area contributed by atoms with Gasteiger partial charge in [-0.1, -0.05) is 6.58 Å². The fraction of sp³-hybridized carbons (Fsp3) is 0.667. The normalized spacial score (nSPS) is 24.2. The fourth-order valence-corrected chi connectivity index (χ4v) is 0.646. The molecule has 0 bridgehead atoms. The zero-order valence-electron chi connectivity index (χ0n) is 5.00. The van der Waals surface area contributed by atoms with Crippen LogP contribution in [-0.4, -0.2) is 18.8 Å². The van der Waals surface area contributed by atoms with Crippen LogP contribution in [0.1, 0.15) is 6.92 Å². The van der Waals surface area contributed by atoms with Gasteiger partial charge >= 0.3 is 0 Å². The van der Waals surface area contributed by atoms with Crippen LogP contribution in [0.5, 0.6) is 0 Å². The van der Waals surface area contributed by atoms with Crippen molar-refractivity contribution < 1.29 is 4.39 Å². The van der Waals surface area contributed by atoms with E-state index in [4.69, 9.17) is 0 Å². The maximum atomic E-state index is 12.9. The Morgan fingerprint density at radius 2 is 2.25 bits per heavy atom. The minimum Gasteiger partial charge on any atom is -0.310 e. The molecule has 1 aliphatic heterocycles. The van der Waals surface area contributed by atoms with Crippen molar-refractivity contribution in [3.63, 3.8) is 0 Å². The van der Waals surface area contributed by atoms with Gasteiger partial charge < -0.3 is 5.32 Å². The average Bonchev–Trinajstić information content (AvgIpc) is 1.60. The maximum absolute atomic E-state index is 12.9. The second-order valence-electron chi connectivity index (χ2n) is 2.35. The van der Waals surface area contributed by atoms with Crippen LogP contribution in [-0.2, 0) is 0 Å². The summed E-state index contributed by atoms with van der Waals surface area (Å²) in [4.78, 5) is 0. The molecule has 2 heteroatoms. The van der Waals surface area contributed by atoms with Crippen LogP contribution in [0.25, 0.3) is 0 Å². The van der Waals surface area contributed by atoms with E-state index in [2.05, 4.69) is 11.9 Å². The van der Waals surface area contributed by atoms with Crippen LogP contribution >= 0.6 is 0 Å². The van der Waals surface area contributed by atoms with E-state index in [1.807, 2.05) is 0 Å². The first-order valence-electron chi connectivity index (χ1n) is 2.71. The van der Waals surface area contributed by atoms with E-state index in [1.165, 1.54) is 0 Å². The van der Waals surface area contributed by atoms with Gasteiger partial charge in [0.05, 0.1) is 0 Å². The van der Waals surface area contributed by atoms with Crippen LogP contribution in [0.4, 0.5) is 4.39 Å². The largest absolute Gasteiger partial charge is 0.310 e. The third-order valence-corrected chi connectivity index (χ3v) is 1.58. The molecule has 0 aromatic carbocycles. The average molecular weight is 115 g/mol. The van der Waals surface area contributed by atoms with E-state index in [9.17, 15) is 4.39 Å². The molecule has 46 valence electrons. The molecular weight excluding hydrogens is 105 g/mol. The van der Waals surface area contributed by atoms with E-state index >= 15 is 0 Å². The molecule has 1 rings (SSSR count). The molecule has 0 aliphatic carbocycles. The molecule has 1 saturated heterocycles. The molecular formula is C6H10FN. The maximum Gasteiger partial charge on any atom is 0.156 e. The van der Waals surface area contributed by atoms with Gasteiger partial charge in [-0.25, -0.2) is 4.39 Å². The van der Waals surface area contributed by atoms with Crippen LogP contribution in [0.3, 0.4) is 0 Å². The predicted molar refractivity (Wildman–Crippen MR) is 31.5 cm³/mol. The quantitative estimate of drug-likeness (QED) is 0.500. The van der Waals surface area contributed by atoms with Gasteiger partial charge in [-0.3, -0.25) is 0 Å². The lowest BCUT2D eigenvalue weighted by Gasteiger charge is -2.35. The Balaban J connectivity index is 2.53. The molecule has 1 aliphatic rings. The molecule has 0 radical (unpaired) electrons. The van der Waals surface area contributed by atoms with E-state index in [1.54, 1.807) is 6.92 Å². The Hall–Kier alpha value is -0.370. The highest BCUT2D eigenvalue weighted by atomic mass is 19.1. The second kappa shape index (κ2) is 1.55. The highest BCUT2D eigenvalue weighted by Gasteiger charge is 2.37. The summed E-state index contributed by atoms with van der Waals surface area (Å²) in [5, 5.41) is 2.85. The summed E-state index contributed by atoms with van der Waals surface area (Å²) < 4.78 is 12.9. The minimum absolute atomic E-state index is 0.447. The molecule has 0 spiro atoms. The Morgan fingerprint density at radius 3 is 2.25 bits per heavy atom. The third kappa shape index (κ3) is 0.650. The molecule has 0 aromatic heterocycles. The standard InChI is InChI=1S/C6H10FN/c1-5(2)6(7)3-8-4-6/h8H,1,3-4H2,2H3. The molecule has 1 fully saturated rings. The molecule has 1 nitrogen and oxygen atoms in total. The van der Waals surface area contributed by atoms with Crippen LogP contribution in [0, 0.1) is 0 Å². The number of rotatable bonds is 1. The summed E-state index contributed by atoms with van der Waals surface area (Å²) in [6, 6.07) is 0. The number of halogens is 1. The molecule has 1 heterocycles. The predicted octanol–water partition coefficient (Wildman–Crippen LogP) is 0.874. The van der Waals surface area contributed by atoms with E-state index < -0.39 is 5.67 Å². The first kappa shape index (κ1) is 5.76. The fourth-order valence-electron chi connectivity index (χ4n) is 0.646. The summed E-state index contributed by atoms with van der Waals surface area (Å²) in [5.74, 6) is 0.